The number of sulfonamides is 1. The summed E-state index contributed by atoms with van der Waals surface area (Å²) in [7, 11) is -3.52. The van der Waals surface area contributed by atoms with Gasteiger partial charge >= 0.3 is 0 Å². The molecular weight excluding hydrogens is 460 g/mol. The maximum absolute atomic E-state index is 13.0. The maximum Gasteiger partial charge on any atom is 0.243 e. The summed E-state index contributed by atoms with van der Waals surface area (Å²) in [4.78, 5) is 15.9. The van der Waals surface area contributed by atoms with Crippen LogP contribution in [-0.2, 0) is 21.2 Å². The minimum absolute atomic E-state index is 0.111. The molecule has 8 heteroatoms. The highest BCUT2D eigenvalue weighted by Gasteiger charge is 2.30. The van der Waals surface area contributed by atoms with E-state index in [2.05, 4.69) is 22.0 Å². The van der Waals surface area contributed by atoms with Crippen LogP contribution in [0.3, 0.4) is 0 Å². The number of hydrogen-bond donors (Lipinski definition) is 0. The molecule has 1 fully saturated rings. The predicted molar refractivity (Wildman–Crippen MR) is 116 cm³/mol. The second-order valence-electron chi connectivity index (χ2n) is 7.11. The molecule has 0 bridgehead atoms. The lowest BCUT2D eigenvalue weighted by atomic mass is 10.2. The van der Waals surface area contributed by atoms with Crippen LogP contribution in [0.25, 0.3) is 0 Å². The summed E-state index contributed by atoms with van der Waals surface area (Å²) in [5, 5.41) is 0. The SMILES string of the molecule is Cc1ccc(C)c(S(=O)(=O)N2CCN(C(=O)CCCc3ccc(Br)s3)CC2)c1. The average molecular weight is 485 g/mol. The average Bonchev–Trinajstić information content (AvgIpc) is 3.08. The van der Waals surface area contributed by atoms with Crippen LogP contribution in [0.15, 0.2) is 39.0 Å². The Morgan fingerprint density at radius 3 is 2.46 bits per heavy atom. The molecule has 0 unspecified atom stereocenters. The summed E-state index contributed by atoms with van der Waals surface area (Å²) in [6.07, 6.45) is 2.20. The first-order valence-electron chi connectivity index (χ1n) is 9.37. The topological polar surface area (TPSA) is 57.7 Å². The van der Waals surface area contributed by atoms with Crippen LogP contribution < -0.4 is 0 Å². The Morgan fingerprint density at radius 2 is 1.82 bits per heavy atom. The van der Waals surface area contributed by atoms with E-state index in [1.165, 1.54) is 9.18 Å². The van der Waals surface area contributed by atoms with E-state index in [0.29, 0.717) is 37.5 Å². The van der Waals surface area contributed by atoms with E-state index < -0.39 is 10.0 Å². The van der Waals surface area contributed by atoms with Gasteiger partial charge in [0.05, 0.1) is 8.68 Å². The van der Waals surface area contributed by atoms with Gasteiger partial charge in [-0.25, -0.2) is 8.42 Å². The predicted octanol–water partition coefficient (Wildman–Crippen LogP) is 3.98. The number of rotatable bonds is 6. The number of carbonyl (C=O) groups excluding carboxylic acids is 1. The number of carbonyl (C=O) groups is 1. The first-order valence-corrected chi connectivity index (χ1v) is 12.4. The van der Waals surface area contributed by atoms with Gasteiger partial charge in [-0.2, -0.15) is 4.31 Å². The van der Waals surface area contributed by atoms with Gasteiger partial charge in [0.2, 0.25) is 15.9 Å². The van der Waals surface area contributed by atoms with E-state index in [9.17, 15) is 13.2 Å². The van der Waals surface area contributed by atoms with E-state index in [1.54, 1.807) is 22.3 Å². The number of thiophene rings is 1. The number of aryl methyl sites for hydroxylation is 3. The van der Waals surface area contributed by atoms with Gasteiger partial charge in [-0.05, 0) is 71.9 Å². The monoisotopic (exact) mass is 484 g/mol. The molecule has 0 radical (unpaired) electrons. The van der Waals surface area contributed by atoms with Crippen molar-refractivity contribution in [3.8, 4) is 0 Å². The highest BCUT2D eigenvalue weighted by atomic mass is 79.9. The third-order valence-corrected chi connectivity index (χ3v) is 8.72. The summed E-state index contributed by atoms with van der Waals surface area (Å²) < 4.78 is 28.6. The van der Waals surface area contributed by atoms with Crippen molar-refractivity contribution in [1.82, 2.24) is 9.21 Å². The van der Waals surface area contributed by atoms with Gasteiger partial charge in [0, 0.05) is 37.5 Å². The van der Waals surface area contributed by atoms with Crippen LogP contribution in [0.1, 0.15) is 28.8 Å². The maximum atomic E-state index is 13.0. The molecular formula is C20H25BrN2O3S2. The van der Waals surface area contributed by atoms with Crippen LogP contribution in [-0.4, -0.2) is 49.7 Å². The fourth-order valence-electron chi connectivity index (χ4n) is 3.36. The van der Waals surface area contributed by atoms with Gasteiger partial charge in [0.25, 0.3) is 0 Å². The Balaban J connectivity index is 1.53. The first-order chi connectivity index (χ1) is 13.3. The minimum Gasteiger partial charge on any atom is -0.340 e. The van der Waals surface area contributed by atoms with Gasteiger partial charge < -0.3 is 4.90 Å². The molecule has 3 rings (SSSR count). The normalized spacial score (nSPS) is 15.8. The highest BCUT2D eigenvalue weighted by Crippen LogP contribution is 2.24. The van der Waals surface area contributed by atoms with Gasteiger partial charge in [-0.15, -0.1) is 11.3 Å². The molecule has 0 spiro atoms. The number of benzene rings is 1. The molecule has 1 aliphatic rings. The molecule has 2 heterocycles. The second-order valence-corrected chi connectivity index (χ2v) is 11.6. The van der Waals surface area contributed by atoms with Crippen molar-refractivity contribution in [1.29, 1.82) is 0 Å². The summed E-state index contributed by atoms with van der Waals surface area (Å²) in [6.45, 7) is 5.31. The van der Waals surface area contributed by atoms with E-state index in [-0.39, 0.29) is 5.91 Å². The zero-order valence-electron chi connectivity index (χ0n) is 16.2. The van der Waals surface area contributed by atoms with Crippen molar-refractivity contribution in [3.05, 3.63) is 50.1 Å². The van der Waals surface area contributed by atoms with E-state index in [0.717, 1.165) is 27.8 Å². The standard InChI is InChI=1S/C20H25BrN2O3S2/c1-15-6-7-16(2)18(14-15)28(25,26)23-12-10-22(11-13-23)20(24)5-3-4-17-8-9-19(21)27-17/h6-9,14H,3-5,10-13H2,1-2H3. The Morgan fingerprint density at radius 1 is 1.11 bits per heavy atom. The van der Waals surface area contributed by atoms with Crippen molar-refractivity contribution < 1.29 is 13.2 Å². The van der Waals surface area contributed by atoms with Crippen molar-refractivity contribution in [2.24, 2.45) is 0 Å². The molecule has 1 saturated heterocycles. The third kappa shape index (κ3) is 5.03. The zero-order chi connectivity index (χ0) is 20.3. The number of amides is 1. The molecule has 0 saturated carbocycles. The molecule has 1 amide bonds. The molecule has 0 N–H and O–H groups in total. The first kappa shape index (κ1) is 21.5. The minimum atomic E-state index is -3.52. The lowest BCUT2D eigenvalue weighted by Crippen LogP contribution is -2.50. The zero-order valence-corrected chi connectivity index (χ0v) is 19.4. The van der Waals surface area contributed by atoms with Crippen molar-refractivity contribution in [3.63, 3.8) is 0 Å². The van der Waals surface area contributed by atoms with Crippen molar-refractivity contribution >= 4 is 43.2 Å². The Bertz CT molecular complexity index is 948. The lowest BCUT2D eigenvalue weighted by Gasteiger charge is -2.34. The molecule has 0 aliphatic carbocycles. The van der Waals surface area contributed by atoms with Crippen LogP contribution >= 0.6 is 27.3 Å². The molecule has 0 atom stereocenters. The van der Waals surface area contributed by atoms with Gasteiger partial charge in [0.15, 0.2) is 0 Å². The van der Waals surface area contributed by atoms with Crippen LogP contribution in [0.2, 0.25) is 0 Å². The molecule has 1 aromatic heterocycles. The Kier molecular flexibility index (Phi) is 6.96. The summed E-state index contributed by atoms with van der Waals surface area (Å²) in [6, 6.07) is 9.59. The Hall–Kier alpha value is -1.22. The van der Waals surface area contributed by atoms with Crippen LogP contribution in [0.5, 0.6) is 0 Å². The fraction of sp³-hybridized carbons (Fsp3) is 0.450. The van der Waals surface area contributed by atoms with Gasteiger partial charge in [-0.1, -0.05) is 12.1 Å². The number of hydrogen-bond acceptors (Lipinski definition) is 4. The Labute approximate surface area is 179 Å². The van der Waals surface area contributed by atoms with E-state index in [1.807, 2.05) is 32.0 Å². The lowest BCUT2D eigenvalue weighted by molar-refractivity contribution is -0.132. The van der Waals surface area contributed by atoms with Gasteiger partial charge in [0.1, 0.15) is 0 Å². The van der Waals surface area contributed by atoms with E-state index >= 15 is 0 Å². The molecule has 1 aliphatic heterocycles. The van der Waals surface area contributed by atoms with Crippen molar-refractivity contribution in [2.45, 2.75) is 38.0 Å². The summed E-state index contributed by atoms with van der Waals surface area (Å²) in [5.74, 6) is 0.111. The van der Waals surface area contributed by atoms with Gasteiger partial charge in [-0.3, -0.25) is 4.79 Å². The van der Waals surface area contributed by atoms with Crippen LogP contribution in [0.4, 0.5) is 0 Å². The smallest absolute Gasteiger partial charge is 0.243 e. The quantitative estimate of drug-likeness (QED) is 0.622. The molecule has 2 aromatic rings. The third-order valence-electron chi connectivity index (χ3n) is 5.00. The van der Waals surface area contributed by atoms with Crippen molar-refractivity contribution in [2.75, 3.05) is 26.2 Å². The largest absolute Gasteiger partial charge is 0.340 e. The second kappa shape index (κ2) is 9.07. The molecule has 28 heavy (non-hydrogen) atoms. The number of piperazine rings is 1. The molecule has 1 aromatic carbocycles. The molecule has 152 valence electrons. The summed E-state index contributed by atoms with van der Waals surface area (Å²) >= 11 is 5.15. The molecule has 5 nitrogen and oxygen atoms in total. The van der Waals surface area contributed by atoms with E-state index in [4.69, 9.17) is 0 Å². The summed E-state index contributed by atoms with van der Waals surface area (Å²) in [5.41, 5.74) is 1.68. The highest BCUT2D eigenvalue weighted by molar-refractivity contribution is 9.11. The number of halogens is 1. The van der Waals surface area contributed by atoms with Crippen LogP contribution in [0, 0.1) is 13.8 Å². The number of nitrogens with zero attached hydrogens (tertiary/aromatic N) is 2. The fourth-order valence-corrected chi connectivity index (χ4v) is 6.62.